The van der Waals surface area contributed by atoms with Gasteiger partial charge < -0.3 is 5.11 Å². The zero-order valence-electron chi connectivity index (χ0n) is 11.9. The van der Waals surface area contributed by atoms with Crippen molar-refractivity contribution < 1.29 is 14.7 Å². The van der Waals surface area contributed by atoms with Gasteiger partial charge in [0.2, 0.25) is 0 Å². The fraction of sp³-hybridized carbons (Fsp3) is 0.0526. The summed E-state index contributed by atoms with van der Waals surface area (Å²) in [6.45, 7) is 1.93. The van der Waals surface area contributed by atoms with E-state index >= 15 is 0 Å². The predicted octanol–water partition coefficient (Wildman–Crippen LogP) is 3.63. The van der Waals surface area contributed by atoms with Gasteiger partial charge in [-0.15, -0.1) is 0 Å². The molecule has 1 N–H and O–H groups in total. The Hall–Kier alpha value is -2.94. The van der Waals surface area contributed by atoms with Crippen LogP contribution in [0.25, 0.3) is 10.8 Å². The van der Waals surface area contributed by atoms with E-state index in [4.69, 9.17) is 0 Å². The molecule has 0 aromatic heterocycles. The fourth-order valence-corrected chi connectivity index (χ4v) is 3.22. The fourth-order valence-electron chi connectivity index (χ4n) is 3.22. The number of phenolic OH excluding ortho intramolecular Hbond substituents is 1. The molecule has 0 atom stereocenters. The second kappa shape index (κ2) is 4.28. The highest BCUT2D eigenvalue weighted by molar-refractivity contribution is 6.33. The van der Waals surface area contributed by atoms with E-state index in [-0.39, 0.29) is 28.4 Å². The number of carbonyl (C=O) groups excluding carboxylic acids is 2. The summed E-state index contributed by atoms with van der Waals surface area (Å²) < 4.78 is 0. The van der Waals surface area contributed by atoms with Crippen molar-refractivity contribution in [3.63, 3.8) is 0 Å². The van der Waals surface area contributed by atoms with Crippen molar-refractivity contribution in [1.82, 2.24) is 0 Å². The minimum atomic E-state index is -0.293. The SMILES string of the molecule is Cc1cc2c(c3ccccc13)C(=O)c1c(O)cccc1C2=O. The van der Waals surface area contributed by atoms with Crippen molar-refractivity contribution in [2.24, 2.45) is 0 Å². The highest BCUT2D eigenvalue weighted by Crippen LogP contribution is 2.37. The third-order valence-corrected chi connectivity index (χ3v) is 4.24. The van der Waals surface area contributed by atoms with Gasteiger partial charge in [0.1, 0.15) is 5.75 Å². The van der Waals surface area contributed by atoms with Crippen molar-refractivity contribution in [2.75, 3.05) is 0 Å². The van der Waals surface area contributed by atoms with E-state index in [1.54, 1.807) is 18.2 Å². The Kier molecular flexibility index (Phi) is 2.48. The van der Waals surface area contributed by atoms with E-state index < -0.39 is 0 Å². The van der Waals surface area contributed by atoms with Gasteiger partial charge >= 0.3 is 0 Å². The first-order valence-electron chi connectivity index (χ1n) is 7.03. The zero-order chi connectivity index (χ0) is 15.4. The molecule has 106 valence electrons. The number of phenols is 1. The van der Waals surface area contributed by atoms with Gasteiger partial charge in [-0.3, -0.25) is 9.59 Å². The average molecular weight is 288 g/mol. The highest BCUT2D eigenvalue weighted by Gasteiger charge is 2.33. The molecule has 0 saturated carbocycles. The van der Waals surface area contributed by atoms with Crippen LogP contribution in [-0.4, -0.2) is 16.7 Å². The Balaban J connectivity index is 2.17. The molecule has 3 nitrogen and oxygen atoms in total. The molecule has 0 bridgehead atoms. The Labute approximate surface area is 126 Å². The van der Waals surface area contributed by atoms with Crippen LogP contribution >= 0.6 is 0 Å². The number of rotatable bonds is 0. The van der Waals surface area contributed by atoms with Crippen LogP contribution in [0.2, 0.25) is 0 Å². The van der Waals surface area contributed by atoms with Crippen molar-refractivity contribution in [1.29, 1.82) is 0 Å². The molecular weight excluding hydrogens is 276 g/mol. The van der Waals surface area contributed by atoms with Gasteiger partial charge in [0, 0.05) is 16.7 Å². The van der Waals surface area contributed by atoms with E-state index in [0.29, 0.717) is 11.1 Å². The Morgan fingerprint density at radius 3 is 2.27 bits per heavy atom. The number of ketones is 2. The first-order valence-corrected chi connectivity index (χ1v) is 7.03. The number of benzene rings is 3. The topological polar surface area (TPSA) is 54.4 Å². The van der Waals surface area contributed by atoms with Crippen LogP contribution in [0.4, 0.5) is 0 Å². The average Bonchev–Trinajstić information content (AvgIpc) is 2.52. The lowest BCUT2D eigenvalue weighted by Crippen LogP contribution is -2.21. The summed E-state index contributed by atoms with van der Waals surface area (Å²) in [6.07, 6.45) is 0. The number of hydrogen-bond donors (Lipinski definition) is 1. The van der Waals surface area contributed by atoms with Crippen LogP contribution in [0.15, 0.2) is 48.5 Å². The quantitative estimate of drug-likeness (QED) is 0.537. The Morgan fingerprint density at radius 1 is 0.773 bits per heavy atom. The maximum absolute atomic E-state index is 12.9. The van der Waals surface area contributed by atoms with E-state index in [1.807, 2.05) is 31.2 Å². The lowest BCUT2D eigenvalue weighted by atomic mass is 9.80. The first kappa shape index (κ1) is 12.8. The zero-order valence-corrected chi connectivity index (χ0v) is 11.9. The molecule has 22 heavy (non-hydrogen) atoms. The third-order valence-electron chi connectivity index (χ3n) is 4.24. The lowest BCUT2D eigenvalue weighted by Gasteiger charge is -2.20. The second-order valence-corrected chi connectivity index (χ2v) is 5.52. The molecule has 0 aliphatic heterocycles. The first-order chi connectivity index (χ1) is 10.6. The molecule has 3 aromatic carbocycles. The van der Waals surface area contributed by atoms with E-state index in [0.717, 1.165) is 16.3 Å². The van der Waals surface area contributed by atoms with Gasteiger partial charge in [0.25, 0.3) is 0 Å². The van der Waals surface area contributed by atoms with Crippen molar-refractivity contribution in [3.8, 4) is 5.75 Å². The van der Waals surface area contributed by atoms with Crippen molar-refractivity contribution in [3.05, 3.63) is 76.3 Å². The molecule has 1 aliphatic rings. The number of aryl methyl sites for hydroxylation is 1. The van der Waals surface area contributed by atoms with Gasteiger partial charge in [-0.25, -0.2) is 0 Å². The highest BCUT2D eigenvalue weighted by atomic mass is 16.3. The molecule has 0 saturated heterocycles. The molecule has 0 heterocycles. The predicted molar refractivity (Wildman–Crippen MR) is 83.7 cm³/mol. The van der Waals surface area contributed by atoms with E-state index in [1.165, 1.54) is 6.07 Å². The number of aromatic hydroxyl groups is 1. The van der Waals surface area contributed by atoms with Crippen LogP contribution in [0.5, 0.6) is 5.75 Å². The smallest absolute Gasteiger partial charge is 0.198 e. The largest absolute Gasteiger partial charge is 0.507 e. The van der Waals surface area contributed by atoms with Crippen LogP contribution in [0.1, 0.15) is 37.4 Å². The molecule has 1 aliphatic carbocycles. The summed E-state index contributed by atoms with van der Waals surface area (Å²) in [5.41, 5.74) is 2.14. The van der Waals surface area contributed by atoms with Gasteiger partial charge in [-0.2, -0.15) is 0 Å². The molecule has 4 rings (SSSR count). The Morgan fingerprint density at radius 2 is 1.50 bits per heavy atom. The molecule has 0 radical (unpaired) electrons. The summed E-state index contributed by atoms with van der Waals surface area (Å²) in [6, 6.07) is 13.9. The normalized spacial score (nSPS) is 13.1. The molecule has 0 unspecified atom stereocenters. The standard InChI is InChI=1S/C19H12O3/c1-10-9-14-16(12-6-3-2-5-11(10)12)19(22)17-13(18(14)21)7-4-8-15(17)20/h2-9,20H,1H3. The van der Waals surface area contributed by atoms with Crippen molar-refractivity contribution >= 4 is 22.3 Å². The summed E-state index contributed by atoms with van der Waals surface area (Å²) >= 11 is 0. The van der Waals surface area contributed by atoms with Crippen molar-refractivity contribution in [2.45, 2.75) is 6.92 Å². The van der Waals surface area contributed by atoms with Gasteiger partial charge in [0.15, 0.2) is 11.6 Å². The number of fused-ring (bicyclic) bond motifs is 4. The number of hydrogen-bond acceptors (Lipinski definition) is 3. The third kappa shape index (κ3) is 1.51. The lowest BCUT2D eigenvalue weighted by molar-refractivity contribution is 0.0978. The van der Waals surface area contributed by atoms with Crippen LogP contribution in [0.3, 0.4) is 0 Å². The van der Waals surface area contributed by atoms with Crippen LogP contribution < -0.4 is 0 Å². The molecule has 0 fully saturated rings. The summed E-state index contributed by atoms with van der Waals surface area (Å²) in [5.74, 6) is -0.653. The van der Waals surface area contributed by atoms with Gasteiger partial charge in [-0.05, 0) is 35.4 Å². The van der Waals surface area contributed by atoms with Crippen LogP contribution in [0, 0.1) is 6.92 Å². The molecule has 0 amide bonds. The maximum atomic E-state index is 12.9. The molecule has 3 heteroatoms. The minimum Gasteiger partial charge on any atom is -0.507 e. The Bertz CT molecular complexity index is 983. The second-order valence-electron chi connectivity index (χ2n) is 5.52. The molecule has 3 aromatic rings. The molecular formula is C19H12O3. The summed E-state index contributed by atoms with van der Waals surface area (Å²) in [7, 11) is 0. The van der Waals surface area contributed by atoms with Crippen LogP contribution in [-0.2, 0) is 0 Å². The monoisotopic (exact) mass is 288 g/mol. The molecule has 0 spiro atoms. The van der Waals surface area contributed by atoms with Gasteiger partial charge in [0.05, 0.1) is 5.56 Å². The van der Waals surface area contributed by atoms with Gasteiger partial charge in [-0.1, -0.05) is 36.4 Å². The number of carbonyl (C=O) groups is 2. The summed E-state index contributed by atoms with van der Waals surface area (Å²) in [5, 5.41) is 11.7. The van der Waals surface area contributed by atoms with E-state index in [9.17, 15) is 14.7 Å². The minimum absolute atomic E-state index is 0.106. The summed E-state index contributed by atoms with van der Waals surface area (Å²) in [4.78, 5) is 25.6. The van der Waals surface area contributed by atoms with E-state index in [2.05, 4.69) is 0 Å². The maximum Gasteiger partial charge on any atom is 0.198 e.